The molecule has 0 bridgehead atoms. The lowest BCUT2D eigenvalue weighted by molar-refractivity contribution is 0.0955. The number of nitrogen functional groups attached to an aromatic ring is 1. The zero-order valence-corrected chi connectivity index (χ0v) is 11.4. The number of nitrogens with one attached hydrogen (secondary N) is 2. The maximum absolute atomic E-state index is 12.0. The molecule has 0 radical (unpaired) electrons. The van der Waals surface area contributed by atoms with Crippen LogP contribution in [-0.2, 0) is 6.54 Å². The van der Waals surface area contributed by atoms with E-state index in [2.05, 4.69) is 25.6 Å². The zero-order valence-electron chi connectivity index (χ0n) is 10.6. The number of nitrogens with zero attached hydrogens (tertiary/aromatic N) is 3. The van der Waals surface area contributed by atoms with Gasteiger partial charge in [-0.1, -0.05) is 11.3 Å². The monoisotopic (exact) mass is 278 g/mol. The first-order valence-electron chi connectivity index (χ1n) is 5.61. The average Bonchev–Trinajstić information content (AvgIpc) is 2.77. The largest absolute Gasteiger partial charge is 0.382 e. The van der Waals surface area contributed by atoms with Crippen LogP contribution < -0.4 is 16.4 Å². The standard InChI is InChI=1S/C11H14N6OS/c1-6-14-4-3-7(16-6)5-15-10(18)8-9(12)17-11(13-2)19-8/h3-4H,5,12H2,1-2H3,(H,13,17)(H,15,18). The van der Waals surface area contributed by atoms with Gasteiger partial charge < -0.3 is 16.4 Å². The first kappa shape index (κ1) is 13.2. The minimum Gasteiger partial charge on any atom is -0.382 e. The minimum absolute atomic E-state index is 0.228. The lowest BCUT2D eigenvalue weighted by Crippen LogP contribution is -2.23. The van der Waals surface area contributed by atoms with Crippen LogP contribution >= 0.6 is 11.3 Å². The fourth-order valence-corrected chi connectivity index (χ4v) is 2.21. The third-order valence-corrected chi connectivity index (χ3v) is 3.42. The van der Waals surface area contributed by atoms with Gasteiger partial charge >= 0.3 is 0 Å². The van der Waals surface area contributed by atoms with Crippen molar-refractivity contribution in [3.05, 3.63) is 28.7 Å². The Labute approximate surface area is 114 Å². The van der Waals surface area contributed by atoms with Crippen molar-refractivity contribution in [2.45, 2.75) is 13.5 Å². The van der Waals surface area contributed by atoms with Gasteiger partial charge in [0.1, 0.15) is 16.5 Å². The molecule has 7 nitrogen and oxygen atoms in total. The Hall–Kier alpha value is -2.22. The van der Waals surface area contributed by atoms with Crippen LogP contribution in [0.3, 0.4) is 0 Å². The summed E-state index contributed by atoms with van der Waals surface area (Å²) < 4.78 is 0. The summed E-state index contributed by atoms with van der Waals surface area (Å²) in [6, 6.07) is 1.75. The normalized spacial score (nSPS) is 10.2. The molecule has 4 N–H and O–H groups in total. The summed E-state index contributed by atoms with van der Waals surface area (Å²) in [6.45, 7) is 2.13. The van der Waals surface area contributed by atoms with Crippen molar-refractivity contribution in [3.8, 4) is 0 Å². The number of thiazole rings is 1. The van der Waals surface area contributed by atoms with Crippen LogP contribution in [0.2, 0.25) is 0 Å². The number of aromatic nitrogens is 3. The van der Waals surface area contributed by atoms with Crippen LogP contribution in [0.25, 0.3) is 0 Å². The summed E-state index contributed by atoms with van der Waals surface area (Å²) in [7, 11) is 1.73. The molecule has 8 heteroatoms. The predicted molar refractivity (Wildman–Crippen MR) is 74.0 cm³/mol. The van der Waals surface area contributed by atoms with Gasteiger partial charge in [-0.3, -0.25) is 4.79 Å². The molecule has 19 heavy (non-hydrogen) atoms. The number of hydrogen-bond donors (Lipinski definition) is 3. The number of carbonyl (C=O) groups is 1. The van der Waals surface area contributed by atoms with E-state index < -0.39 is 0 Å². The Bertz CT molecular complexity index is 597. The van der Waals surface area contributed by atoms with Gasteiger partial charge in [-0.05, 0) is 13.0 Å². The Morgan fingerprint density at radius 1 is 1.47 bits per heavy atom. The molecule has 2 aromatic rings. The van der Waals surface area contributed by atoms with Crippen molar-refractivity contribution in [3.63, 3.8) is 0 Å². The number of anilines is 2. The fraction of sp³-hybridized carbons (Fsp3) is 0.273. The highest BCUT2D eigenvalue weighted by molar-refractivity contribution is 7.18. The summed E-state index contributed by atoms with van der Waals surface area (Å²) in [5, 5.41) is 6.22. The Kier molecular flexibility index (Phi) is 3.91. The predicted octanol–water partition coefficient (Wildman–Crippen LogP) is 0.795. The van der Waals surface area contributed by atoms with Crippen molar-refractivity contribution in [2.75, 3.05) is 18.1 Å². The molecule has 2 aromatic heterocycles. The Morgan fingerprint density at radius 2 is 2.26 bits per heavy atom. The Balaban J connectivity index is 2.03. The molecule has 0 fully saturated rings. The van der Waals surface area contributed by atoms with Crippen molar-refractivity contribution in [2.24, 2.45) is 0 Å². The Morgan fingerprint density at radius 3 is 2.89 bits per heavy atom. The van der Waals surface area contributed by atoms with Crippen LogP contribution in [-0.4, -0.2) is 27.9 Å². The molecule has 0 unspecified atom stereocenters. The molecule has 0 aliphatic carbocycles. The van der Waals surface area contributed by atoms with E-state index in [1.807, 2.05) is 0 Å². The SMILES string of the molecule is CNc1nc(N)c(C(=O)NCc2ccnc(C)n2)s1. The maximum Gasteiger partial charge on any atom is 0.265 e. The number of aryl methyl sites for hydroxylation is 1. The molecular weight excluding hydrogens is 264 g/mol. The molecule has 100 valence electrons. The summed E-state index contributed by atoms with van der Waals surface area (Å²) in [6.07, 6.45) is 1.66. The number of hydrogen-bond acceptors (Lipinski definition) is 7. The molecule has 0 aliphatic heterocycles. The van der Waals surface area contributed by atoms with Gasteiger partial charge in [0, 0.05) is 13.2 Å². The minimum atomic E-state index is -0.257. The lowest BCUT2D eigenvalue weighted by atomic mass is 10.3. The van der Waals surface area contributed by atoms with E-state index in [4.69, 9.17) is 5.73 Å². The first-order chi connectivity index (χ1) is 9.10. The van der Waals surface area contributed by atoms with Crippen molar-refractivity contribution in [1.29, 1.82) is 0 Å². The molecule has 0 aromatic carbocycles. The molecule has 2 rings (SSSR count). The highest BCUT2D eigenvalue weighted by atomic mass is 32.1. The average molecular weight is 278 g/mol. The van der Waals surface area contributed by atoms with E-state index >= 15 is 0 Å². The third-order valence-electron chi connectivity index (χ3n) is 2.34. The first-order valence-corrected chi connectivity index (χ1v) is 6.42. The van der Waals surface area contributed by atoms with E-state index in [-0.39, 0.29) is 11.7 Å². The van der Waals surface area contributed by atoms with E-state index in [1.54, 1.807) is 26.2 Å². The topological polar surface area (TPSA) is 106 Å². The third kappa shape index (κ3) is 3.16. The maximum atomic E-state index is 12.0. The summed E-state index contributed by atoms with van der Waals surface area (Å²) >= 11 is 1.21. The van der Waals surface area contributed by atoms with E-state index in [1.165, 1.54) is 11.3 Å². The van der Waals surface area contributed by atoms with Crippen LogP contribution in [0.4, 0.5) is 10.9 Å². The van der Waals surface area contributed by atoms with E-state index in [0.717, 1.165) is 5.69 Å². The van der Waals surface area contributed by atoms with Gasteiger partial charge in [-0.25, -0.2) is 15.0 Å². The lowest BCUT2D eigenvalue weighted by Gasteiger charge is -2.03. The van der Waals surface area contributed by atoms with Gasteiger partial charge in [-0.15, -0.1) is 0 Å². The molecule has 0 saturated heterocycles. The summed E-state index contributed by atoms with van der Waals surface area (Å²) in [5.74, 6) is 0.639. The number of amides is 1. The van der Waals surface area contributed by atoms with Crippen molar-refractivity contribution < 1.29 is 4.79 Å². The van der Waals surface area contributed by atoms with Gasteiger partial charge in [0.25, 0.3) is 5.91 Å². The summed E-state index contributed by atoms with van der Waals surface area (Å²) in [4.78, 5) is 24.6. The number of nitrogens with two attached hydrogens (primary N) is 1. The molecule has 0 saturated carbocycles. The molecular formula is C11H14N6OS. The van der Waals surface area contributed by atoms with Crippen LogP contribution in [0.1, 0.15) is 21.2 Å². The molecule has 0 atom stereocenters. The quantitative estimate of drug-likeness (QED) is 0.763. The van der Waals surface area contributed by atoms with Gasteiger partial charge in [-0.2, -0.15) is 0 Å². The molecule has 0 spiro atoms. The van der Waals surface area contributed by atoms with Crippen LogP contribution in [0.5, 0.6) is 0 Å². The van der Waals surface area contributed by atoms with E-state index in [0.29, 0.717) is 22.4 Å². The number of rotatable bonds is 4. The number of carbonyl (C=O) groups excluding carboxylic acids is 1. The van der Waals surface area contributed by atoms with Crippen LogP contribution in [0, 0.1) is 6.92 Å². The zero-order chi connectivity index (χ0) is 13.8. The van der Waals surface area contributed by atoms with Crippen molar-refractivity contribution >= 4 is 28.2 Å². The molecule has 1 amide bonds. The highest BCUT2D eigenvalue weighted by Gasteiger charge is 2.15. The molecule has 0 aliphatic rings. The van der Waals surface area contributed by atoms with Gasteiger partial charge in [0.05, 0.1) is 12.2 Å². The van der Waals surface area contributed by atoms with Gasteiger partial charge in [0.2, 0.25) is 0 Å². The van der Waals surface area contributed by atoms with Crippen LogP contribution in [0.15, 0.2) is 12.3 Å². The highest BCUT2D eigenvalue weighted by Crippen LogP contribution is 2.24. The summed E-state index contributed by atoms with van der Waals surface area (Å²) in [5.41, 5.74) is 6.43. The fourth-order valence-electron chi connectivity index (χ4n) is 1.46. The van der Waals surface area contributed by atoms with Gasteiger partial charge in [0.15, 0.2) is 5.13 Å². The van der Waals surface area contributed by atoms with Crippen molar-refractivity contribution in [1.82, 2.24) is 20.3 Å². The molecule has 2 heterocycles. The second kappa shape index (κ2) is 5.61. The second-order valence-electron chi connectivity index (χ2n) is 3.76. The second-order valence-corrected chi connectivity index (χ2v) is 4.76. The van der Waals surface area contributed by atoms with E-state index in [9.17, 15) is 4.79 Å². The smallest absolute Gasteiger partial charge is 0.265 e.